The molecule has 0 saturated carbocycles. The molecule has 0 aliphatic carbocycles. The molecule has 0 heterocycles. The topological polar surface area (TPSA) is 70.6 Å². The number of nitrogens with zero attached hydrogens (tertiary/aromatic N) is 1. The summed E-state index contributed by atoms with van der Waals surface area (Å²) in [7, 11) is 0. The third-order valence-electron chi connectivity index (χ3n) is 2.53. The highest BCUT2D eigenvalue weighted by molar-refractivity contribution is 5.80. The highest BCUT2D eigenvalue weighted by Gasteiger charge is 2.11. The van der Waals surface area contributed by atoms with Gasteiger partial charge in [0.2, 0.25) is 0 Å². The molecule has 1 aromatic carbocycles. The highest BCUT2D eigenvalue weighted by atomic mass is 19.1. The molecule has 1 aromatic rings. The first kappa shape index (κ1) is 13.4. The summed E-state index contributed by atoms with van der Waals surface area (Å²) in [5.41, 5.74) is 6.28. The molecule has 0 aliphatic heterocycles. The molecule has 0 saturated heterocycles. The van der Waals surface area contributed by atoms with Gasteiger partial charge >= 0.3 is 0 Å². The first-order valence-electron chi connectivity index (χ1n) is 5.51. The van der Waals surface area contributed by atoms with Gasteiger partial charge in [-0.15, -0.1) is 0 Å². The van der Waals surface area contributed by atoms with Crippen molar-refractivity contribution in [1.29, 1.82) is 0 Å². The number of nitrogens with one attached hydrogen (secondary N) is 1. The fraction of sp³-hybridized carbons (Fsp3) is 0.417. The maximum atomic E-state index is 13.0. The minimum atomic E-state index is -0.250. The van der Waals surface area contributed by atoms with Crippen molar-refractivity contribution >= 4 is 5.84 Å². The minimum Gasteiger partial charge on any atom is -0.409 e. The lowest BCUT2D eigenvalue weighted by Gasteiger charge is -2.19. The van der Waals surface area contributed by atoms with Crippen LogP contribution in [0.5, 0.6) is 0 Å². The van der Waals surface area contributed by atoms with Gasteiger partial charge in [0.1, 0.15) is 11.7 Å². The van der Waals surface area contributed by atoms with Crippen LogP contribution in [0.3, 0.4) is 0 Å². The van der Waals surface area contributed by atoms with Gasteiger partial charge < -0.3 is 16.3 Å². The summed E-state index contributed by atoms with van der Waals surface area (Å²) in [4.78, 5) is 0. The zero-order valence-electron chi connectivity index (χ0n) is 10.0. The Morgan fingerprint density at radius 3 is 2.82 bits per heavy atom. The Balaban J connectivity index is 2.57. The molecule has 94 valence electrons. The van der Waals surface area contributed by atoms with Crippen molar-refractivity contribution < 1.29 is 9.60 Å². The van der Waals surface area contributed by atoms with Gasteiger partial charge in [0, 0.05) is 18.5 Å². The van der Waals surface area contributed by atoms with E-state index in [4.69, 9.17) is 10.9 Å². The molecule has 0 amide bonds. The SMILES string of the molecule is CC(CC(N)=NO)NC(C)c1cccc(F)c1. The van der Waals surface area contributed by atoms with E-state index >= 15 is 0 Å². The van der Waals surface area contributed by atoms with Crippen molar-refractivity contribution in [3.63, 3.8) is 0 Å². The van der Waals surface area contributed by atoms with Crippen molar-refractivity contribution in [2.45, 2.75) is 32.4 Å². The van der Waals surface area contributed by atoms with Crippen LogP contribution in [-0.4, -0.2) is 17.1 Å². The van der Waals surface area contributed by atoms with Gasteiger partial charge in [-0.05, 0) is 31.5 Å². The number of oxime groups is 1. The van der Waals surface area contributed by atoms with Gasteiger partial charge in [0.05, 0.1) is 0 Å². The summed E-state index contributed by atoms with van der Waals surface area (Å²) in [6.07, 6.45) is 0.441. The second kappa shape index (κ2) is 6.20. The predicted octanol–water partition coefficient (Wildman–Crippen LogP) is 2.00. The fourth-order valence-electron chi connectivity index (χ4n) is 1.71. The fourth-order valence-corrected chi connectivity index (χ4v) is 1.71. The van der Waals surface area contributed by atoms with Crippen LogP contribution < -0.4 is 11.1 Å². The number of benzene rings is 1. The molecule has 4 N–H and O–H groups in total. The van der Waals surface area contributed by atoms with Crippen LogP contribution in [-0.2, 0) is 0 Å². The van der Waals surface area contributed by atoms with Crippen LogP contribution in [0.2, 0.25) is 0 Å². The van der Waals surface area contributed by atoms with E-state index in [-0.39, 0.29) is 23.7 Å². The molecule has 17 heavy (non-hydrogen) atoms. The maximum Gasteiger partial charge on any atom is 0.140 e. The number of amidine groups is 1. The largest absolute Gasteiger partial charge is 0.409 e. The lowest BCUT2D eigenvalue weighted by atomic mass is 10.1. The van der Waals surface area contributed by atoms with Gasteiger partial charge in [0.15, 0.2) is 0 Å². The summed E-state index contributed by atoms with van der Waals surface area (Å²) in [6.45, 7) is 3.87. The molecule has 1 rings (SSSR count). The molecule has 0 radical (unpaired) electrons. The Hall–Kier alpha value is -1.62. The third kappa shape index (κ3) is 4.40. The van der Waals surface area contributed by atoms with Gasteiger partial charge in [0.25, 0.3) is 0 Å². The molecular formula is C12H18FN3O. The second-order valence-corrected chi connectivity index (χ2v) is 4.14. The normalized spacial score (nSPS) is 15.6. The Kier molecular flexibility index (Phi) is 4.90. The molecule has 2 atom stereocenters. The number of nitrogens with two attached hydrogens (primary N) is 1. The molecule has 0 fully saturated rings. The molecule has 0 bridgehead atoms. The van der Waals surface area contributed by atoms with Gasteiger partial charge in [-0.2, -0.15) is 0 Å². The summed E-state index contributed by atoms with van der Waals surface area (Å²) in [6, 6.07) is 6.49. The average molecular weight is 239 g/mol. The smallest absolute Gasteiger partial charge is 0.140 e. The molecule has 0 aromatic heterocycles. The van der Waals surface area contributed by atoms with Crippen molar-refractivity contribution in [1.82, 2.24) is 5.32 Å². The molecule has 0 spiro atoms. The van der Waals surface area contributed by atoms with Gasteiger partial charge in [-0.25, -0.2) is 4.39 Å². The van der Waals surface area contributed by atoms with Crippen LogP contribution in [0.25, 0.3) is 0 Å². The quantitative estimate of drug-likeness (QED) is 0.318. The first-order chi connectivity index (χ1) is 8.02. The molecule has 0 aliphatic rings. The Bertz CT molecular complexity index is 395. The van der Waals surface area contributed by atoms with E-state index < -0.39 is 0 Å². The summed E-state index contributed by atoms with van der Waals surface area (Å²) >= 11 is 0. The maximum absolute atomic E-state index is 13.0. The van der Waals surface area contributed by atoms with E-state index in [0.29, 0.717) is 6.42 Å². The standard InChI is InChI=1S/C12H18FN3O/c1-8(6-12(14)16-17)15-9(2)10-4-3-5-11(13)7-10/h3-5,7-9,15,17H,6H2,1-2H3,(H2,14,16). The highest BCUT2D eigenvalue weighted by Crippen LogP contribution is 2.14. The van der Waals surface area contributed by atoms with E-state index in [2.05, 4.69) is 10.5 Å². The lowest BCUT2D eigenvalue weighted by Crippen LogP contribution is -2.33. The van der Waals surface area contributed by atoms with Crippen LogP contribution >= 0.6 is 0 Å². The lowest BCUT2D eigenvalue weighted by molar-refractivity contribution is 0.315. The average Bonchev–Trinajstić information content (AvgIpc) is 2.28. The van der Waals surface area contributed by atoms with Crippen molar-refractivity contribution in [3.8, 4) is 0 Å². The van der Waals surface area contributed by atoms with E-state index in [1.807, 2.05) is 19.9 Å². The van der Waals surface area contributed by atoms with Crippen LogP contribution in [0.4, 0.5) is 4.39 Å². The molecule has 5 heteroatoms. The van der Waals surface area contributed by atoms with E-state index in [0.717, 1.165) is 5.56 Å². The number of hydrogen-bond donors (Lipinski definition) is 3. The number of rotatable bonds is 5. The van der Waals surface area contributed by atoms with Crippen LogP contribution in [0, 0.1) is 5.82 Å². The van der Waals surface area contributed by atoms with Crippen molar-refractivity contribution in [2.75, 3.05) is 0 Å². The third-order valence-corrected chi connectivity index (χ3v) is 2.53. The number of halogens is 1. The van der Waals surface area contributed by atoms with Crippen LogP contribution in [0.1, 0.15) is 31.9 Å². The summed E-state index contributed by atoms with van der Waals surface area (Å²) < 4.78 is 13.0. The monoisotopic (exact) mass is 239 g/mol. The minimum absolute atomic E-state index is 0.00666. The van der Waals surface area contributed by atoms with E-state index in [1.165, 1.54) is 12.1 Å². The van der Waals surface area contributed by atoms with E-state index in [1.54, 1.807) is 6.07 Å². The zero-order valence-corrected chi connectivity index (χ0v) is 10.0. The van der Waals surface area contributed by atoms with Gasteiger partial charge in [-0.1, -0.05) is 17.3 Å². The summed E-state index contributed by atoms with van der Waals surface area (Å²) in [5, 5.41) is 14.6. The Labute approximate surface area is 100 Å². The van der Waals surface area contributed by atoms with Crippen molar-refractivity contribution in [3.05, 3.63) is 35.6 Å². The molecule has 2 unspecified atom stereocenters. The summed E-state index contributed by atoms with van der Waals surface area (Å²) in [5.74, 6) is -0.0725. The molecule has 4 nitrogen and oxygen atoms in total. The first-order valence-corrected chi connectivity index (χ1v) is 5.51. The Morgan fingerprint density at radius 1 is 1.53 bits per heavy atom. The Morgan fingerprint density at radius 2 is 2.24 bits per heavy atom. The van der Waals surface area contributed by atoms with Gasteiger partial charge in [-0.3, -0.25) is 0 Å². The molecular weight excluding hydrogens is 221 g/mol. The zero-order chi connectivity index (χ0) is 12.8. The second-order valence-electron chi connectivity index (χ2n) is 4.14. The predicted molar refractivity (Wildman–Crippen MR) is 65.4 cm³/mol. The van der Waals surface area contributed by atoms with E-state index in [9.17, 15) is 4.39 Å². The number of hydrogen-bond acceptors (Lipinski definition) is 3. The van der Waals surface area contributed by atoms with Crippen LogP contribution in [0.15, 0.2) is 29.4 Å². The van der Waals surface area contributed by atoms with Crippen molar-refractivity contribution in [2.24, 2.45) is 10.9 Å².